The molecule has 5 nitrogen and oxygen atoms in total. The Morgan fingerprint density at radius 2 is 1.94 bits per heavy atom. The largest absolute Gasteiger partial charge is 0.348 e. The first-order chi connectivity index (χ1) is 15.5. The van der Waals surface area contributed by atoms with Gasteiger partial charge in [-0.2, -0.15) is 0 Å². The van der Waals surface area contributed by atoms with Crippen LogP contribution in [0.3, 0.4) is 0 Å². The van der Waals surface area contributed by atoms with E-state index in [4.69, 9.17) is 0 Å². The van der Waals surface area contributed by atoms with Gasteiger partial charge >= 0.3 is 0 Å². The molecule has 1 N–H and O–H groups in total. The summed E-state index contributed by atoms with van der Waals surface area (Å²) in [6.45, 7) is 3.31. The predicted octanol–water partition coefficient (Wildman–Crippen LogP) is 4.49. The van der Waals surface area contributed by atoms with Crippen molar-refractivity contribution in [1.82, 2.24) is 14.8 Å². The van der Waals surface area contributed by atoms with E-state index in [9.17, 15) is 14.0 Å². The van der Waals surface area contributed by atoms with Crippen molar-refractivity contribution < 1.29 is 14.0 Å². The maximum absolute atomic E-state index is 13.6. The van der Waals surface area contributed by atoms with Crippen LogP contribution in [0.1, 0.15) is 49.4 Å². The normalized spacial score (nSPS) is 23.1. The molecule has 2 saturated heterocycles. The van der Waals surface area contributed by atoms with E-state index in [1.54, 1.807) is 12.1 Å². The number of aromatic nitrogens is 1. The molecule has 2 fully saturated rings. The molecule has 2 amide bonds. The summed E-state index contributed by atoms with van der Waals surface area (Å²) in [4.78, 5) is 27.6. The molecule has 1 spiro atoms. The highest BCUT2D eigenvalue weighted by atomic mass is 19.1. The summed E-state index contributed by atoms with van der Waals surface area (Å²) in [6.07, 6.45) is 3.20. The number of nitrogens with one attached hydrogen (secondary N) is 1. The van der Waals surface area contributed by atoms with Gasteiger partial charge in [-0.25, -0.2) is 4.39 Å². The minimum atomic E-state index is -0.473. The number of hydrogen-bond acceptors (Lipinski definition) is 2. The number of hydrogen-bond donors (Lipinski definition) is 1. The smallest absolute Gasteiger partial charge is 0.224 e. The highest BCUT2D eigenvalue weighted by Gasteiger charge is 2.50. The number of amides is 2. The molecule has 3 aromatic rings. The van der Waals surface area contributed by atoms with Crippen LogP contribution in [0.15, 0.2) is 54.6 Å². The average molecular weight is 434 g/mol. The summed E-state index contributed by atoms with van der Waals surface area (Å²) < 4.78 is 15.8. The number of nitrogens with zero attached hydrogens (tertiary/aromatic N) is 2. The van der Waals surface area contributed by atoms with Crippen molar-refractivity contribution in [1.29, 1.82) is 0 Å². The average Bonchev–Trinajstić information content (AvgIpc) is 3.31. The number of carbonyl (C=O) groups is 2. The molecule has 2 atom stereocenters. The number of para-hydroxylation sites is 1. The van der Waals surface area contributed by atoms with Gasteiger partial charge in [-0.1, -0.05) is 30.3 Å². The van der Waals surface area contributed by atoms with Gasteiger partial charge in [0.15, 0.2) is 0 Å². The van der Waals surface area contributed by atoms with Gasteiger partial charge in [0.1, 0.15) is 5.82 Å². The summed E-state index contributed by atoms with van der Waals surface area (Å²) >= 11 is 0. The van der Waals surface area contributed by atoms with Gasteiger partial charge in [-0.05, 0) is 61.4 Å². The number of likely N-dealkylation sites (tertiary alicyclic amines) is 1. The molecule has 32 heavy (non-hydrogen) atoms. The first-order valence-corrected chi connectivity index (χ1v) is 11.4. The fourth-order valence-electron chi connectivity index (χ4n) is 5.67. The number of fused-ring (bicyclic) bond motifs is 1. The zero-order valence-electron chi connectivity index (χ0n) is 18.3. The van der Waals surface area contributed by atoms with E-state index in [0.29, 0.717) is 32.4 Å². The number of carbonyl (C=O) groups excluding carboxylic acids is 2. The van der Waals surface area contributed by atoms with E-state index >= 15 is 0 Å². The van der Waals surface area contributed by atoms with E-state index in [0.717, 1.165) is 29.6 Å². The molecule has 166 valence electrons. The molecule has 1 aromatic heterocycles. The molecule has 0 aliphatic carbocycles. The minimum Gasteiger partial charge on any atom is -0.348 e. The summed E-state index contributed by atoms with van der Waals surface area (Å²) in [5.74, 6) is -0.209. The molecule has 0 saturated carbocycles. The number of benzene rings is 2. The second-order valence-corrected chi connectivity index (χ2v) is 9.10. The Morgan fingerprint density at radius 1 is 1.16 bits per heavy atom. The molecule has 3 heterocycles. The molecule has 0 radical (unpaired) electrons. The Kier molecular flexibility index (Phi) is 5.24. The first-order valence-electron chi connectivity index (χ1n) is 11.4. The molecular weight excluding hydrogens is 405 g/mol. The molecule has 0 unspecified atom stereocenters. The van der Waals surface area contributed by atoms with Crippen LogP contribution in [0.25, 0.3) is 10.9 Å². The van der Waals surface area contributed by atoms with Crippen LogP contribution < -0.4 is 5.32 Å². The highest BCUT2D eigenvalue weighted by Crippen LogP contribution is 2.44. The van der Waals surface area contributed by atoms with Crippen LogP contribution >= 0.6 is 0 Å². The Morgan fingerprint density at radius 3 is 2.69 bits per heavy atom. The van der Waals surface area contributed by atoms with Crippen LogP contribution in [0.5, 0.6) is 0 Å². The molecule has 0 bridgehead atoms. The lowest BCUT2D eigenvalue weighted by Gasteiger charge is -2.48. The van der Waals surface area contributed by atoms with Crippen LogP contribution in [0.4, 0.5) is 4.39 Å². The van der Waals surface area contributed by atoms with Gasteiger partial charge in [0.2, 0.25) is 11.8 Å². The lowest BCUT2D eigenvalue weighted by Crippen LogP contribution is -2.58. The van der Waals surface area contributed by atoms with Gasteiger partial charge in [-0.15, -0.1) is 0 Å². The fourth-order valence-corrected chi connectivity index (χ4v) is 5.67. The van der Waals surface area contributed by atoms with Crippen molar-refractivity contribution in [3.8, 4) is 0 Å². The van der Waals surface area contributed by atoms with Crippen molar-refractivity contribution in [3.63, 3.8) is 0 Å². The first kappa shape index (κ1) is 20.7. The Hall–Kier alpha value is -3.15. The Labute approximate surface area is 187 Å². The van der Waals surface area contributed by atoms with Crippen molar-refractivity contribution in [2.24, 2.45) is 0 Å². The van der Waals surface area contributed by atoms with Crippen molar-refractivity contribution >= 4 is 22.7 Å². The maximum atomic E-state index is 13.6. The van der Waals surface area contributed by atoms with Gasteiger partial charge in [0.05, 0.1) is 11.6 Å². The third kappa shape index (κ3) is 3.57. The summed E-state index contributed by atoms with van der Waals surface area (Å²) in [7, 11) is 0. The van der Waals surface area contributed by atoms with Gasteiger partial charge in [0.25, 0.3) is 0 Å². The van der Waals surface area contributed by atoms with Gasteiger partial charge in [0, 0.05) is 37.1 Å². The molecular formula is C26H28FN3O2. The van der Waals surface area contributed by atoms with E-state index in [2.05, 4.69) is 35.0 Å². The van der Waals surface area contributed by atoms with Crippen molar-refractivity contribution in [3.05, 3.63) is 71.7 Å². The Bertz CT molecular complexity index is 1170. The molecule has 5 rings (SSSR count). The third-order valence-corrected chi connectivity index (χ3v) is 7.12. The summed E-state index contributed by atoms with van der Waals surface area (Å²) in [5.41, 5.74) is 2.67. The Balaban J connectivity index is 1.43. The zero-order valence-corrected chi connectivity index (χ0v) is 18.3. The highest BCUT2D eigenvalue weighted by molar-refractivity contribution is 5.83. The van der Waals surface area contributed by atoms with E-state index < -0.39 is 5.54 Å². The minimum absolute atomic E-state index is 0.0286. The molecule has 2 aliphatic rings. The number of rotatable bonds is 4. The molecule has 2 aliphatic heterocycles. The summed E-state index contributed by atoms with van der Waals surface area (Å²) in [5, 5.41) is 4.36. The number of aryl methyl sites for hydroxylation is 2. The third-order valence-electron chi connectivity index (χ3n) is 7.12. The maximum Gasteiger partial charge on any atom is 0.224 e. The second kappa shape index (κ2) is 8.08. The second-order valence-electron chi connectivity index (χ2n) is 9.10. The van der Waals surface area contributed by atoms with Crippen molar-refractivity contribution in [2.45, 2.75) is 57.2 Å². The lowest BCUT2D eigenvalue weighted by molar-refractivity contribution is -0.139. The quantitative estimate of drug-likeness (QED) is 0.659. The molecule has 2 aromatic carbocycles. The topological polar surface area (TPSA) is 54.3 Å². The lowest BCUT2D eigenvalue weighted by atomic mass is 9.76. The zero-order chi connectivity index (χ0) is 22.3. The van der Waals surface area contributed by atoms with Gasteiger partial charge in [-0.3, -0.25) is 9.59 Å². The summed E-state index contributed by atoms with van der Waals surface area (Å²) in [6, 6.07) is 16.4. The fraction of sp³-hybridized carbons (Fsp3) is 0.385. The van der Waals surface area contributed by atoms with Crippen LogP contribution in [0.2, 0.25) is 0 Å². The number of piperidine rings is 1. The molecule has 6 heteroatoms. The monoisotopic (exact) mass is 433 g/mol. The van der Waals surface area contributed by atoms with E-state index in [1.807, 2.05) is 17.0 Å². The SMILES string of the molecule is Cc1cc2ccccc2n1CCC(=O)N1CCC[C@]2(CCC(=O)N2)[C@H]1c1ccc(F)cc1. The van der Waals surface area contributed by atoms with E-state index in [1.165, 1.54) is 17.5 Å². The standard InChI is InChI=1S/C26H28FN3O2/c1-18-17-20-5-2-3-6-22(20)29(18)16-12-24(32)30-15-4-13-26(14-11-23(31)28-26)25(30)19-7-9-21(27)10-8-19/h2-3,5-10,17,25H,4,11-16H2,1H3,(H,28,31)/t25-,26+/m1/s1. The van der Waals surface area contributed by atoms with Crippen LogP contribution in [0, 0.1) is 12.7 Å². The predicted molar refractivity (Wildman–Crippen MR) is 121 cm³/mol. The van der Waals surface area contributed by atoms with Crippen LogP contribution in [-0.4, -0.2) is 33.4 Å². The number of halogens is 1. The van der Waals surface area contributed by atoms with Gasteiger partial charge < -0.3 is 14.8 Å². The van der Waals surface area contributed by atoms with Crippen LogP contribution in [-0.2, 0) is 16.1 Å². The van der Waals surface area contributed by atoms with E-state index in [-0.39, 0.29) is 23.7 Å². The van der Waals surface area contributed by atoms with Crippen molar-refractivity contribution in [2.75, 3.05) is 6.54 Å².